The van der Waals surface area contributed by atoms with Gasteiger partial charge in [0.2, 0.25) is 5.91 Å². The van der Waals surface area contributed by atoms with E-state index >= 15 is 0 Å². The smallest absolute Gasteiger partial charge is 0.251 e. The largest absolute Gasteiger partial charge is 0.349 e. The van der Waals surface area contributed by atoms with Gasteiger partial charge >= 0.3 is 0 Å². The molecule has 0 saturated carbocycles. The number of hydrogen-bond acceptors (Lipinski definition) is 3. The number of likely N-dealkylation sites (tertiary alicyclic amines) is 1. The molecule has 1 saturated heterocycles. The van der Waals surface area contributed by atoms with Gasteiger partial charge < -0.3 is 10.2 Å². The molecule has 6 heteroatoms. The third-order valence-electron chi connectivity index (χ3n) is 5.08. The SMILES string of the molecule is CN(Cc1ccc(F)cc1)C(=O)CN1CCC(NC(=O)c2ccccc2)CC1. The monoisotopic (exact) mass is 383 g/mol. The molecule has 148 valence electrons. The fraction of sp³-hybridized carbons (Fsp3) is 0.364. The quantitative estimate of drug-likeness (QED) is 0.835. The van der Waals surface area contributed by atoms with Gasteiger partial charge in [-0.25, -0.2) is 4.39 Å². The summed E-state index contributed by atoms with van der Waals surface area (Å²) in [6.07, 6.45) is 1.65. The normalized spacial score (nSPS) is 15.2. The van der Waals surface area contributed by atoms with Crippen molar-refractivity contribution in [3.63, 3.8) is 0 Å². The standard InChI is InChI=1S/C22H26FN3O2/c1-25(15-17-7-9-19(23)10-8-17)21(27)16-26-13-11-20(12-14-26)24-22(28)18-5-3-2-4-6-18/h2-10,20H,11-16H2,1H3,(H,24,28). The third kappa shape index (κ3) is 5.63. The summed E-state index contributed by atoms with van der Waals surface area (Å²) in [5.74, 6) is -0.287. The zero-order valence-corrected chi connectivity index (χ0v) is 16.1. The summed E-state index contributed by atoms with van der Waals surface area (Å²) in [4.78, 5) is 28.5. The Bertz CT molecular complexity index is 787. The molecule has 1 fully saturated rings. The molecule has 1 aliphatic heterocycles. The minimum atomic E-state index is -0.278. The van der Waals surface area contributed by atoms with Gasteiger partial charge in [0.1, 0.15) is 5.82 Å². The summed E-state index contributed by atoms with van der Waals surface area (Å²) in [6, 6.07) is 15.5. The van der Waals surface area contributed by atoms with Crippen LogP contribution < -0.4 is 5.32 Å². The average Bonchev–Trinajstić information content (AvgIpc) is 2.71. The number of carbonyl (C=O) groups is 2. The van der Waals surface area contributed by atoms with Crippen molar-refractivity contribution >= 4 is 11.8 Å². The van der Waals surface area contributed by atoms with Crippen molar-refractivity contribution < 1.29 is 14.0 Å². The van der Waals surface area contributed by atoms with Crippen LogP contribution in [0.25, 0.3) is 0 Å². The zero-order valence-electron chi connectivity index (χ0n) is 16.1. The second kappa shape index (κ2) is 9.46. The molecule has 1 heterocycles. The maximum atomic E-state index is 13.0. The van der Waals surface area contributed by atoms with E-state index in [0.29, 0.717) is 18.7 Å². The Morgan fingerprint density at radius 2 is 1.71 bits per heavy atom. The van der Waals surface area contributed by atoms with E-state index in [9.17, 15) is 14.0 Å². The number of nitrogens with zero attached hydrogens (tertiary/aromatic N) is 2. The van der Waals surface area contributed by atoms with E-state index in [2.05, 4.69) is 10.2 Å². The highest BCUT2D eigenvalue weighted by Crippen LogP contribution is 2.12. The molecule has 5 nitrogen and oxygen atoms in total. The highest BCUT2D eigenvalue weighted by molar-refractivity contribution is 5.94. The molecule has 1 N–H and O–H groups in total. The number of piperidine rings is 1. The molecular weight excluding hydrogens is 357 g/mol. The van der Waals surface area contributed by atoms with Crippen molar-refractivity contribution in [3.05, 3.63) is 71.5 Å². The first kappa shape index (κ1) is 20.0. The lowest BCUT2D eigenvalue weighted by Gasteiger charge is -2.32. The molecule has 28 heavy (non-hydrogen) atoms. The van der Waals surface area contributed by atoms with Gasteiger partial charge in [-0.15, -0.1) is 0 Å². The van der Waals surface area contributed by atoms with Crippen LogP contribution >= 0.6 is 0 Å². The molecule has 0 spiro atoms. The molecule has 0 aromatic heterocycles. The number of benzene rings is 2. The van der Waals surface area contributed by atoms with Crippen molar-refractivity contribution in [2.45, 2.75) is 25.4 Å². The number of hydrogen-bond donors (Lipinski definition) is 1. The van der Waals surface area contributed by atoms with Gasteiger partial charge in [0.15, 0.2) is 0 Å². The number of carbonyl (C=O) groups excluding carboxylic acids is 2. The fourth-order valence-corrected chi connectivity index (χ4v) is 3.36. The van der Waals surface area contributed by atoms with Crippen LogP contribution in [-0.2, 0) is 11.3 Å². The van der Waals surface area contributed by atoms with E-state index in [1.54, 1.807) is 36.2 Å². The molecule has 0 radical (unpaired) electrons. The van der Waals surface area contributed by atoms with Crippen LogP contribution in [0.2, 0.25) is 0 Å². The lowest BCUT2D eigenvalue weighted by atomic mass is 10.0. The van der Waals surface area contributed by atoms with E-state index in [4.69, 9.17) is 0 Å². The molecule has 2 amide bonds. The van der Waals surface area contributed by atoms with Crippen molar-refractivity contribution in [1.29, 1.82) is 0 Å². The fourth-order valence-electron chi connectivity index (χ4n) is 3.36. The molecular formula is C22H26FN3O2. The molecule has 2 aromatic rings. The number of likely N-dealkylation sites (N-methyl/N-ethyl adjacent to an activating group) is 1. The van der Waals surface area contributed by atoms with Crippen LogP contribution in [0, 0.1) is 5.82 Å². The van der Waals surface area contributed by atoms with Crippen molar-refractivity contribution in [2.75, 3.05) is 26.7 Å². The molecule has 0 atom stereocenters. The number of amides is 2. The third-order valence-corrected chi connectivity index (χ3v) is 5.08. The second-order valence-electron chi connectivity index (χ2n) is 7.27. The van der Waals surface area contributed by atoms with E-state index in [0.717, 1.165) is 31.5 Å². The summed E-state index contributed by atoms with van der Waals surface area (Å²) in [6.45, 7) is 2.37. The van der Waals surface area contributed by atoms with E-state index in [1.165, 1.54) is 12.1 Å². The van der Waals surface area contributed by atoms with Crippen molar-refractivity contribution in [3.8, 4) is 0 Å². The number of nitrogens with one attached hydrogen (secondary N) is 1. The van der Waals surface area contributed by atoms with Crippen LogP contribution in [0.15, 0.2) is 54.6 Å². The number of rotatable bonds is 6. The van der Waals surface area contributed by atoms with E-state index in [-0.39, 0.29) is 23.7 Å². The Morgan fingerprint density at radius 3 is 2.36 bits per heavy atom. The Hall–Kier alpha value is -2.73. The van der Waals surface area contributed by atoms with Crippen LogP contribution in [0.1, 0.15) is 28.8 Å². The van der Waals surface area contributed by atoms with Gasteiger partial charge in [0.05, 0.1) is 6.54 Å². The molecule has 0 unspecified atom stereocenters. The summed E-state index contributed by atoms with van der Waals surface area (Å²) in [5.41, 5.74) is 1.57. The minimum Gasteiger partial charge on any atom is -0.349 e. The Morgan fingerprint density at radius 1 is 1.07 bits per heavy atom. The first-order valence-corrected chi connectivity index (χ1v) is 9.58. The highest BCUT2D eigenvalue weighted by Gasteiger charge is 2.23. The summed E-state index contributed by atoms with van der Waals surface area (Å²) < 4.78 is 13.0. The topological polar surface area (TPSA) is 52.7 Å². The maximum Gasteiger partial charge on any atom is 0.251 e. The summed E-state index contributed by atoms with van der Waals surface area (Å²) >= 11 is 0. The number of halogens is 1. The highest BCUT2D eigenvalue weighted by atomic mass is 19.1. The van der Waals surface area contributed by atoms with Crippen LogP contribution in [0.3, 0.4) is 0 Å². The van der Waals surface area contributed by atoms with E-state index < -0.39 is 0 Å². The second-order valence-corrected chi connectivity index (χ2v) is 7.27. The van der Waals surface area contributed by atoms with Crippen molar-refractivity contribution in [1.82, 2.24) is 15.1 Å². The van der Waals surface area contributed by atoms with Crippen LogP contribution in [-0.4, -0.2) is 54.3 Å². The van der Waals surface area contributed by atoms with Gasteiger partial charge in [-0.3, -0.25) is 14.5 Å². The van der Waals surface area contributed by atoms with Gasteiger partial charge in [0, 0.05) is 38.3 Å². The van der Waals surface area contributed by atoms with Crippen molar-refractivity contribution in [2.24, 2.45) is 0 Å². The van der Waals surface area contributed by atoms with Crippen LogP contribution in [0.5, 0.6) is 0 Å². The zero-order chi connectivity index (χ0) is 19.9. The van der Waals surface area contributed by atoms with Gasteiger partial charge in [0.25, 0.3) is 5.91 Å². The molecule has 0 bridgehead atoms. The lowest BCUT2D eigenvalue weighted by molar-refractivity contribution is -0.131. The minimum absolute atomic E-state index is 0.0381. The summed E-state index contributed by atoms with van der Waals surface area (Å²) in [7, 11) is 1.76. The van der Waals surface area contributed by atoms with E-state index in [1.807, 2.05) is 18.2 Å². The first-order chi connectivity index (χ1) is 13.5. The molecule has 3 rings (SSSR count). The molecule has 0 aliphatic carbocycles. The first-order valence-electron chi connectivity index (χ1n) is 9.58. The Balaban J connectivity index is 1.41. The Kier molecular flexibility index (Phi) is 6.76. The Labute approximate surface area is 165 Å². The predicted molar refractivity (Wildman–Crippen MR) is 106 cm³/mol. The van der Waals surface area contributed by atoms with Gasteiger partial charge in [-0.05, 0) is 42.7 Å². The molecule has 1 aliphatic rings. The lowest BCUT2D eigenvalue weighted by Crippen LogP contribution is -2.47. The predicted octanol–water partition coefficient (Wildman–Crippen LogP) is 2.68. The average molecular weight is 383 g/mol. The molecule has 2 aromatic carbocycles. The van der Waals surface area contributed by atoms with Crippen LogP contribution in [0.4, 0.5) is 4.39 Å². The maximum absolute atomic E-state index is 13.0. The van der Waals surface area contributed by atoms with Gasteiger partial charge in [-0.1, -0.05) is 30.3 Å². The van der Waals surface area contributed by atoms with Gasteiger partial charge in [-0.2, -0.15) is 0 Å². The summed E-state index contributed by atoms with van der Waals surface area (Å²) in [5, 5.41) is 3.08.